The third-order valence-electron chi connectivity index (χ3n) is 3.40. The van der Waals surface area contributed by atoms with E-state index < -0.39 is 11.7 Å². The molecule has 2 rings (SSSR count). The summed E-state index contributed by atoms with van der Waals surface area (Å²) in [6, 6.07) is 8.20. The number of carbonyl (C=O) groups is 2. The first-order chi connectivity index (χ1) is 11.5. The number of nitrogens with zero attached hydrogens (tertiary/aromatic N) is 1. The Bertz CT molecular complexity index is 745. The second-order valence-corrected chi connectivity index (χ2v) is 4.87. The first-order valence-electron chi connectivity index (χ1n) is 6.97. The molecule has 0 bridgehead atoms. The standard InChI is InChI=1S/C17H16FNO5/c1-23-14-8-5-12(10-20)15(16(14)24-2)17(21)19(22)9-11-3-6-13(18)7-4-11/h3-8,10,22H,9H2,1-2H3. The van der Waals surface area contributed by atoms with Crippen LogP contribution in [0.15, 0.2) is 36.4 Å². The Morgan fingerprint density at radius 1 is 1.17 bits per heavy atom. The minimum Gasteiger partial charge on any atom is -0.493 e. The number of hydroxylamine groups is 2. The van der Waals surface area contributed by atoms with E-state index in [1.807, 2.05) is 0 Å². The van der Waals surface area contributed by atoms with Crippen LogP contribution in [0.1, 0.15) is 26.3 Å². The van der Waals surface area contributed by atoms with E-state index in [4.69, 9.17) is 9.47 Å². The van der Waals surface area contributed by atoms with Crippen molar-refractivity contribution in [2.45, 2.75) is 6.54 Å². The van der Waals surface area contributed by atoms with Crippen LogP contribution in [0.2, 0.25) is 0 Å². The molecule has 0 saturated heterocycles. The number of benzene rings is 2. The molecule has 0 unspecified atom stereocenters. The van der Waals surface area contributed by atoms with Crippen LogP contribution in [-0.2, 0) is 6.54 Å². The van der Waals surface area contributed by atoms with Crippen molar-refractivity contribution in [1.29, 1.82) is 0 Å². The molecule has 0 aromatic heterocycles. The lowest BCUT2D eigenvalue weighted by atomic mass is 10.1. The van der Waals surface area contributed by atoms with Crippen molar-refractivity contribution in [2.75, 3.05) is 14.2 Å². The summed E-state index contributed by atoms with van der Waals surface area (Å²) in [5.41, 5.74) is 0.453. The number of hydrogen-bond acceptors (Lipinski definition) is 5. The smallest absolute Gasteiger partial charge is 0.282 e. The molecule has 0 atom stereocenters. The van der Waals surface area contributed by atoms with Crippen LogP contribution in [0, 0.1) is 5.82 Å². The average Bonchev–Trinajstić information content (AvgIpc) is 2.61. The molecule has 0 aliphatic heterocycles. The highest BCUT2D eigenvalue weighted by Gasteiger charge is 2.25. The Hall–Kier alpha value is -2.93. The zero-order valence-corrected chi connectivity index (χ0v) is 13.2. The Morgan fingerprint density at radius 3 is 2.38 bits per heavy atom. The molecule has 24 heavy (non-hydrogen) atoms. The van der Waals surface area contributed by atoms with E-state index in [0.717, 1.165) is 0 Å². The second kappa shape index (κ2) is 7.56. The zero-order valence-electron chi connectivity index (χ0n) is 13.2. The lowest BCUT2D eigenvalue weighted by Crippen LogP contribution is -2.28. The topological polar surface area (TPSA) is 76.1 Å². The first kappa shape index (κ1) is 17.4. The maximum Gasteiger partial charge on any atom is 0.282 e. The van der Waals surface area contributed by atoms with Crippen LogP contribution in [-0.4, -0.2) is 36.7 Å². The predicted octanol–water partition coefficient (Wildman–Crippen LogP) is 2.69. The molecular formula is C17H16FNO5. The molecule has 6 nitrogen and oxygen atoms in total. The monoisotopic (exact) mass is 333 g/mol. The fourth-order valence-corrected chi connectivity index (χ4v) is 2.22. The molecule has 0 heterocycles. The Kier molecular flexibility index (Phi) is 5.49. The molecule has 0 spiro atoms. The fraction of sp³-hybridized carbons (Fsp3) is 0.176. The number of carbonyl (C=O) groups excluding carboxylic acids is 2. The Morgan fingerprint density at radius 2 is 1.83 bits per heavy atom. The van der Waals surface area contributed by atoms with Crippen LogP contribution in [0.4, 0.5) is 4.39 Å². The van der Waals surface area contributed by atoms with Crippen LogP contribution in [0.5, 0.6) is 11.5 Å². The number of amides is 1. The minimum atomic E-state index is -0.836. The maximum atomic E-state index is 12.9. The summed E-state index contributed by atoms with van der Waals surface area (Å²) in [6.07, 6.45) is 0.487. The molecule has 0 aliphatic carbocycles. The van der Waals surface area contributed by atoms with Gasteiger partial charge >= 0.3 is 0 Å². The summed E-state index contributed by atoms with van der Waals surface area (Å²) < 4.78 is 23.2. The molecular weight excluding hydrogens is 317 g/mol. The molecule has 0 fully saturated rings. The van der Waals surface area contributed by atoms with Crippen molar-refractivity contribution in [2.24, 2.45) is 0 Å². The number of rotatable bonds is 6. The third-order valence-corrected chi connectivity index (χ3v) is 3.40. The van der Waals surface area contributed by atoms with Gasteiger partial charge < -0.3 is 9.47 Å². The lowest BCUT2D eigenvalue weighted by Gasteiger charge is -2.19. The fourth-order valence-electron chi connectivity index (χ4n) is 2.22. The summed E-state index contributed by atoms with van der Waals surface area (Å²) in [5.74, 6) is -0.962. The number of methoxy groups -OCH3 is 2. The summed E-state index contributed by atoms with van der Waals surface area (Å²) in [5, 5.41) is 10.5. The van der Waals surface area contributed by atoms with E-state index in [1.165, 1.54) is 50.6 Å². The van der Waals surface area contributed by atoms with Crippen molar-refractivity contribution in [3.63, 3.8) is 0 Å². The van der Waals surface area contributed by atoms with Gasteiger partial charge in [0.25, 0.3) is 5.91 Å². The van der Waals surface area contributed by atoms with Crippen LogP contribution in [0.3, 0.4) is 0 Å². The number of halogens is 1. The summed E-state index contributed by atoms with van der Waals surface area (Å²) >= 11 is 0. The van der Waals surface area contributed by atoms with Gasteiger partial charge in [-0.05, 0) is 29.8 Å². The van der Waals surface area contributed by atoms with Crippen LogP contribution < -0.4 is 9.47 Å². The molecule has 7 heteroatoms. The van der Waals surface area contributed by atoms with E-state index >= 15 is 0 Å². The van der Waals surface area contributed by atoms with Gasteiger partial charge in [0.1, 0.15) is 5.82 Å². The van der Waals surface area contributed by atoms with Crippen LogP contribution >= 0.6 is 0 Å². The van der Waals surface area contributed by atoms with Gasteiger partial charge in [0.2, 0.25) is 0 Å². The van der Waals surface area contributed by atoms with Crippen molar-refractivity contribution in [1.82, 2.24) is 5.06 Å². The lowest BCUT2D eigenvalue weighted by molar-refractivity contribution is -0.0650. The van der Waals surface area contributed by atoms with Gasteiger partial charge in [0.15, 0.2) is 17.8 Å². The van der Waals surface area contributed by atoms with Crippen LogP contribution in [0.25, 0.3) is 0 Å². The van der Waals surface area contributed by atoms with Gasteiger partial charge in [-0.15, -0.1) is 0 Å². The second-order valence-electron chi connectivity index (χ2n) is 4.87. The van der Waals surface area contributed by atoms with Crippen molar-refractivity contribution in [3.8, 4) is 11.5 Å². The summed E-state index contributed by atoms with van der Waals surface area (Å²) in [4.78, 5) is 23.8. The normalized spacial score (nSPS) is 10.2. The van der Waals surface area contributed by atoms with E-state index in [-0.39, 0.29) is 29.2 Å². The minimum absolute atomic E-state index is 0.0465. The highest BCUT2D eigenvalue weighted by Crippen LogP contribution is 2.33. The van der Waals surface area contributed by atoms with Crippen molar-refractivity contribution >= 4 is 12.2 Å². The SMILES string of the molecule is COc1ccc(C=O)c(C(=O)N(O)Cc2ccc(F)cc2)c1OC. The van der Waals surface area contributed by atoms with Crippen molar-refractivity contribution < 1.29 is 28.7 Å². The van der Waals surface area contributed by atoms with E-state index in [1.54, 1.807) is 0 Å². The Balaban J connectivity index is 2.36. The maximum absolute atomic E-state index is 12.9. The van der Waals surface area contributed by atoms with Gasteiger partial charge in [0, 0.05) is 5.56 Å². The quantitative estimate of drug-likeness (QED) is 0.500. The molecule has 2 aromatic carbocycles. The molecule has 126 valence electrons. The van der Waals surface area contributed by atoms with E-state index in [9.17, 15) is 19.2 Å². The van der Waals surface area contributed by atoms with Gasteiger partial charge in [-0.1, -0.05) is 12.1 Å². The van der Waals surface area contributed by atoms with Gasteiger partial charge in [0.05, 0.1) is 26.3 Å². The first-order valence-corrected chi connectivity index (χ1v) is 6.97. The summed E-state index contributed by atoms with van der Waals surface area (Å²) in [7, 11) is 2.72. The highest BCUT2D eigenvalue weighted by atomic mass is 19.1. The molecule has 1 amide bonds. The van der Waals surface area contributed by atoms with Crippen molar-refractivity contribution in [3.05, 3.63) is 58.9 Å². The largest absolute Gasteiger partial charge is 0.493 e. The number of hydrogen-bond donors (Lipinski definition) is 1. The van der Waals surface area contributed by atoms with Gasteiger partial charge in [-0.3, -0.25) is 14.8 Å². The number of ether oxygens (including phenoxy) is 2. The average molecular weight is 333 g/mol. The van der Waals surface area contributed by atoms with E-state index in [2.05, 4.69) is 0 Å². The van der Waals surface area contributed by atoms with Gasteiger partial charge in [-0.25, -0.2) is 9.45 Å². The van der Waals surface area contributed by atoms with Gasteiger partial charge in [-0.2, -0.15) is 0 Å². The molecule has 0 saturated carbocycles. The molecule has 0 aliphatic rings. The van der Waals surface area contributed by atoms with E-state index in [0.29, 0.717) is 16.9 Å². The molecule has 0 radical (unpaired) electrons. The third kappa shape index (κ3) is 3.52. The molecule has 2 aromatic rings. The predicted molar refractivity (Wildman–Crippen MR) is 83.0 cm³/mol. The molecule has 1 N–H and O–H groups in total. The number of aldehydes is 1. The zero-order chi connectivity index (χ0) is 17.7. The summed E-state index contributed by atoms with van der Waals surface area (Å²) in [6.45, 7) is -0.183. The highest BCUT2D eigenvalue weighted by molar-refractivity contribution is 6.04. The Labute approximate surface area is 138 Å².